The molecule has 0 saturated carbocycles. The molecule has 0 fully saturated rings. The van der Waals surface area contributed by atoms with Crippen LogP contribution < -0.4 is 0 Å². The van der Waals surface area contributed by atoms with Crippen LogP contribution in [0.3, 0.4) is 0 Å². The summed E-state index contributed by atoms with van der Waals surface area (Å²) >= 11 is 0. The predicted octanol–water partition coefficient (Wildman–Crippen LogP) is 8.54. The van der Waals surface area contributed by atoms with E-state index in [1.807, 2.05) is 0 Å². The molecule has 0 aromatic rings. The van der Waals surface area contributed by atoms with Gasteiger partial charge < -0.3 is 0 Å². The van der Waals surface area contributed by atoms with Crippen molar-refractivity contribution in [2.45, 2.75) is 131 Å². The molecule has 0 aliphatic rings. The summed E-state index contributed by atoms with van der Waals surface area (Å²) < 4.78 is 0. The van der Waals surface area contributed by atoms with Crippen molar-refractivity contribution >= 4 is 0 Å². The fourth-order valence-corrected chi connectivity index (χ4v) is 2.51. The molecule has 0 aliphatic carbocycles. The smallest absolute Gasteiger partial charge is 0.0445 e. The van der Waals surface area contributed by atoms with Crippen molar-refractivity contribution in [2.24, 2.45) is 5.92 Å². The van der Waals surface area contributed by atoms with Gasteiger partial charge in [0.15, 0.2) is 0 Å². The van der Waals surface area contributed by atoms with Crippen molar-refractivity contribution in [1.82, 2.24) is 0 Å². The molecular formula is C21H46. The number of unbranched alkanes of at least 4 members (excludes halogenated alkanes) is 11. The second-order valence-corrected chi connectivity index (χ2v) is 6.84. The van der Waals surface area contributed by atoms with E-state index in [2.05, 4.69) is 34.6 Å². The maximum Gasteiger partial charge on any atom is -0.0445 e. The largest absolute Gasteiger partial charge is 0.0654 e. The van der Waals surface area contributed by atoms with Gasteiger partial charge in [0, 0.05) is 0 Å². The average molecular weight is 299 g/mol. The van der Waals surface area contributed by atoms with Gasteiger partial charge in [0.2, 0.25) is 0 Å². The third-order valence-corrected chi connectivity index (χ3v) is 4.45. The molecule has 0 rings (SSSR count). The molecule has 0 bridgehead atoms. The second kappa shape index (κ2) is 22.3. The fraction of sp³-hybridized carbons (Fsp3) is 1.00. The van der Waals surface area contributed by atoms with Gasteiger partial charge in [0.05, 0.1) is 0 Å². The van der Waals surface area contributed by atoms with E-state index in [1.165, 1.54) is 96.3 Å². The number of hydrogen-bond acceptors (Lipinski definition) is 0. The van der Waals surface area contributed by atoms with Crippen LogP contribution in [0, 0.1) is 5.92 Å². The molecule has 0 aromatic heterocycles. The SMILES string of the molecule is CCCCCCCC.CCCCCCCCCC(C)CC. The molecule has 0 radical (unpaired) electrons. The molecule has 0 heterocycles. The quantitative estimate of drug-likeness (QED) is 0.282. The van der Waals surface area contributed by atoms with Gasteiger partial charge in [-0.3, -0.25) is 0 Å². The Morgan fingerprint density at radius 3 is 1.14 bits per heavy atom. The first-order chi connectivity index (χ1) is 10.2. The van der Waals surface area contributed by atoms with E-state index in [0.717, 1.165) is 5.92 Å². The summed E-state index contributed by atoms with van der Waals surface area (Å²) in [6.07, 6.45) is 21.4. The molecule has 0 heteroatoms. The first kappa shape index (κ1) is 23.3. The summed E-state index contributed by atoms with van der Waals surface area (Å²) in [5, 5.41) is 0. The van der Waals surface area contributed by atoms with Crippen LogP contribution >= 0.6 is 0 Å². The minimum Gasteiger partial charge on any atom is -0.0654 e. The lowest BCUT2D eigenvalue weighted by molar-refractivity contribution is 0.471. The average Bonchev–Trinajstić information content (AvgIpc) is 2.51. The summed E-state index contributed by atoms with van der Waals surface area (Å²) in [7, 11) is 0. The molecule has 0 nitrogen and oxygen atoms in total. The standard InChI is InChI=1S/C13H28.C8H18/c1-4-6-7-8-9-10-11-12-13(3)5-2;1-3-5-7-8-6-4-2/h13H,4-12H2,1-3H3;3-8H2,1-2H3. The van der Waals surface area contributed by atoms with Gasteiger partial charge in [-0.05, 0) is 5.92 Å². The highest BCUT2D eigenvalue weighted by Crippen LogP contribution is 2.14. The van der Waals surface area contributed by atoms with Gasteiger partial charge in [-0.25, -0.2) is 0 Å². The van der Waals surface area contributed by atoms with Crippen LogP contribution in [0.2, 0.25) is 0 Å². The molecule has 0 spiro atoms. The molecule has 0 saturated heterocycles. The Morgan fingerprint density at radius 1 is 0.476 bits per heavy atom. The third kappa shape index (κ3) is 25.3. The molecule has 130 valence electrons. The van der Waals surface area contributed by atoms with E-state index in [0.29, 0.717) is 0 Å². The normalized spacial score (nSPS) is 11.9. The Balaban J connectivity index is 0. The van der Waals surface area contributed by atoms with Crippen molar-refractivity contribution in [3.05, 3.63) is 0 Å². The van der Waals surface area contributed by atoms with Crippen molar-refractivity contribution in [2.75, 3.05) is 0 Å². The van der Waals surface area contributed by atoms with Crippen LogP contribution in [0.1, 0.15) is 131 Å². The summed E-state index contributed by atoms with van der Waals surface area (Å²) in [4.78, 5) is 0. The Morgan fingerprint density at radius 2 is 0.810 bits per heavy atom. The van der Waals surface area contributed by atoms with Gasteiger partial charge in [0.1, 0.15) is 0 Å². The Hall–Kier alpha value is 0. The van der Waals surface area contributed by atoms with Crippen LogP contribution in [-0.4, -0.2) is 0 Å². The van der Waals surface area contributed by atoms with Crippen molar-refractivity contribution in [3.63, 3.8) is 0 Å². The van der Waals surface area contributed by atoms with Crippen LogP contribution in [0.25, 0.3) is 0 Å². The number of hydrogen-bond donors (Lipinski definition) is 0. The molecule has 21 heavy (non-hydrogen) atoms. The lowest BCUT2D eigenvalue weighted by atomic mass is 10.00. The predicted molar refractivity (Wildman–Crippen MR) is 101 cm³/mol. The number of rotatable bonds is 14. The van der Waals surface area contributed by atoms with E-state index in [4.69, 9.17) is 0 Å². The molecule has 0 aliphatic heterocycles. The fourth-order valence-electron chi connectivity index (χ4n) is 2.51. The van der Waals surface area contributed by atoms with E-state index in [1.54, 1.807) is 0 Å². The van der Waals surface area contributed by atoms with E-state index in [-0.39, 0.29) is 0 Å². The van der Waals surface area contributed by atoms with Crippen molar-refractivity contribution in [3.8, 4) is 0 Å². The first-order valence-corrected chi connectivity index (χ1v) is 10.2. The second-order valence-electron chi connectivity index (χ2n) is 6.84. The van der Waals surface area contributed by atoms with Crippen LogP contribution in [-0.2, 0) is 0 Å². The highest BCUT2D eigenvalue weighted by atomic mass is 14.0. The molecular weight excluding hydrogens is 252 g/mol. The highest BCUT2D eigenvalue weighted by molar-refractivity contribution is 4.51. The summed E-state index contributed by atoms with van der Waals surface area (Å²) in [6, 6.07) is 0. The zero-order valence-electron chi connectivity index (χ0n) is 16.2. The van der Waals surface area contributed by atoms with Gasteiger partial charge >= 0.3 is 0 Å². The minimum atomic E-state index is 0.954. The van der Waals surface area contributed by atoms with E-state index < -0.39 is 0 Å². The van der Waals surface area contributed by atoms with Gasteiger partial charge in [-0.15, -0.1) is 0 Å². The van der Waals surface area contributed by atoms with Crippen molar-refractivity contribution < 1.29 is 0 Å². The van der Waals surface area contributed by atoms with Gasteiger partial charge in [-0.1, -0.05) is 131 Å². The van der Waals surface area contributed by atoms with Crippen LogP contribution in [0.15, 0.2) is 0 Å². The van der Waals surface area contributed by atoms with Gasteiger partial charge in [0.25, 0.3) is 0 Å². The zero-order valence-corrected chi connectivity index (χ0v) is 16.2. The maximum atomic E-state index is 2.37. The molecule has 0 amide bonds. The Bertz CT molecular complexity index is 144. The van der Waals surface area contributed by atoms with Crippen molar-refractivity contribution in [1.29, 1.82) is 0 Å². The third-order valence-electron chi connectivity index (χ3n) is 4.45. The Labute approximate surface area is 137 Å². The Kier molecular flexibility index (Phi) is 24.7. The monoisotopic (exact) mass is 298 g/mol. The molecule has 0 N–H and O–H groups in total. The molecule has 0 aromatic carbocycles. The summed E-state index contributed by atoms with van der Waals surface area (Å²) in [5.41, 5.74) is 0. The van der Waals surface area contributed by atoms with E-state index >= 15 is 0 Å². The topological polar surface area (TPSA) is 0 Å². The minimum absolute atomic E-state index is 0.954. The van der Waals surface area contributed by atoms with Gasteiger partial charge in [-0.2, -0.15) is 0 Å². The van der Waals surface area contributed by atoms with E-state index in [9.17, 15) is 0 Å². The first-order valence-electron chi connectivity index (χ1n) is 10.2. The summed E-state index contributed by atoms with van der Waals surface area (Å²) in [5.74, 6) is 0.954. The molecule has 1 atom stereocenters. The van der Waals surface area contributed by atoms with Crippen LogP contribution in [0.5, 0.6) is 0 Å². The highest BCUT2D eigenvalue weighted by Gasteiger charge is 1.97. The lowest BCUT2D eigenvalue weighted by Crippen LogP contribution is -1.91. The summed E-state index contributed by atoms with van der Waals surface area (Å²) in [6.45, 7) is 11.5. The van der Waals surface area contributed by atoms with Crippen LogP contribution in [0.4, 0.5) is 0 Å². The molecule has 1 unspecified atom stereocenters. The lowest BCUT2D eigenvalue weighted by Gasteiger charge is -2.07. The maximum absolute atomic E-state index is 2.37. The zero-order chi connectivity index (χ0) is 16.2.